The summed E-state index contributed by atoms with van der Waals surface area (Å²) >= 11 is 7.83. The van der Waals surface area contributed by atoms with Crippen molar-refractivity contribution in [3.05, 3.63) is 52.5 Å². The Labute approximate surface area is 156 Å². The summed E-state index contributed by atoms with van der Waals surface area (Å²) in [6.45, 7) is 3.21. The van der Waals surface area contributed by atoms with Gasteiger partial charge in [-0.25, -0.2) is 0 Å². The van der Waals surface area contributed by atoms with E-state index in [0.717, 1.165) is 23.2 Å². The number of thioether (sulfide) groups is 1. The molecule has 0 saturated carbocycles. The lowest BCUT2D eigenvalue weighted by molar-refractivity contribution is -0.113. The van der Waals surface area contributed by atoms with E-state index >= 15 is 0 Å². The number of hydrogen-bond donors (Lipinski definition) is 1. The normalized spacial score (nSPS) is 13.2. The van der Waals surface area contributed by atoms with E-state index in [-0.39, 0.29) is 5.91 Å². The first kappa shape index (κ1) is 18.0. The zero-order valence-corrected chi connectivity index (χ0v) is 15.6. The van der Waals surface area contributed by atoms with Crippen LogP contribution in [0.2, 0.25) is 5.02 Å². The molecule has 1 N–H and O–H groups in total. The summed E-state index contributed by atoms with van der Waals surface area (Å²) < 4.78 is 11.3. The standard InChI is InChI=1S/C19H20ClNO3S/c1-13-5-2-3-6-16(13)21-18(22)12-25-11-14-9-15(20)19-17(10-14)23-7-4-8-24-19/h2-3,5-6,9-10H,4,7-8,11-12H2,1H3,(H,21,22). The fourth-order valence-corrected chi connectivity index (χ4v) is 3.58. The number of anilines is 1. The molecule has 0 spiro atoms. The van der Waals surface area contributed by atoms with Crippen LogP contribution in [-0.2, 0) is 10.5 Å². The molecule has 0 atom stereocenters. The first-order valence-electron chi connectivity index (χ1n) is 8.15. The zero-order chi connectivity index (χ0) is 17.6. The van der Waals surface area contributed by atoms with Gasteiger partial charge in [0.25, 0.3) is 0 Å². The van der Waals surface area contributed by atoms with Gasteiger partial charge in [0.2, 0.25) is 5.91 Å². The SMILES string of the molecule is Cc1ccccc1NC(=O)CSCc1cc(Cl)c2c(c1)OCCCO2. The van der Waals surface area contributed by atoms with Gasteiger partial charge >= 0.3 is 0 Å². The van der Waals surface area contributed by atoms with Gasteiger partial charge in [0.15, 0.2) is 11.5 Å². The molecule has 0 fully saturated rings. The topological polar surface area (TPSA) is 47.6 Å². The summed E-state index contributed by atoms with van der Waals surface area (Å²) in [6, 6.07) is 11.6. The van der Waals surface area contributed by atoms with Crippen LogP contribution in [0.25, 0.3) is 0 Å². The summed E-state index contributed by atoms with van der Waals surface area (Å²) in [4.78, 5) is 12.1. The molecule has 0 aliphatic carbocycles. The number of benzene rings is 2. The van der Waals surface area contributed by atoms with E-state index in [9.17, 15) is 4.79 Å². The molecular formula is C19H20ClNO3S. The number of nitrogens with one attached hydrogen (secondary N) is 1. The van der Waals surface area contributed by atoms with Crippen LogP contribution in [0.4, 0.5) is 5.69 Å². The molecule has 0 aromatic heterocycles. The molecule has 0 bridgehead atoms. The van der Waals surface area contributed by atoms with E-state index in [1.807, 2.05) is 43.3 Å². The van der Waals surface area contributed by atoms with Crippen LogP contribution in [0.1, 0.15) is 17.5 Å². The number of para-hydroxylation sites is 1. The van der Waals surface area contributed by atoms with E-state index in [2.05, 4.69) is 5.32 Å². The van der Waals surface area contributed by atoms with Gasteiger partial charge in [-0.2, -0.15) is 0 Å². The molecule has 1 aliphatic heterocycles. The minimum Gasteiger partial charge on any atom is -0.489 e. The Morgan fingerprint density at radius 3 is 2.88 bits per heavy atom. The maximum atomic E-state index is 12.1. The van der Waals surface area contributed by atoms with Crippen molar-refractivity contribution in [1.82, 2.24) is 0 Å². The molecule has 3 rings (SSSR count). The van der Waals surface area contributed by atoms with Gasteiger partial charge in [0, 0.05) is 17.9 Å². The fraction of sp³-hybridized carbons (Fsp3) is 0.316. The minimum atomic E-state index is -0.0141. The predicted octanol–water partition coefficient (Wildman–Crippen LogP) is 4.68. The van der Waals surface area contributed by atoms with Gasteiger partial charge in [-0.1, -0.05) is 29.8 Å². The highest BCUT2D eigenvalue weighted by Crippen LogP contribution is 2.38. The molecule has 6 heteroatoms. The number of hydrogen-bond acceptors (Lipinski definition) is 4. The van der Waals surface area contributed by atoms with E-state index in [1.165, 1.54) is 11.8 Å². The van der Waals surface area contributed by atoms with Crippen LogP contribution in [0.3, 0.4) is 0 Å². The highest BCUT2D eigenvalue weighted by molar-refractivity contribution is 7.99. The number of carbonyl (C=O) groups excluding carboxylic acids is 1. The van der Waals surface area contributed by atoms with Crippen molar-refractivity contribution in [2.45, 2.75) is 19.1 Å². The monoisotopic (exact) mass is 377 g/mol. The third kappa shape index (κ3) is 4.83. The van der Waals surface area contributed by atoms with Crippen molar-refractivity contribution in [1.29, 1.82) is 0 Å². The Bertz CT molecular complexity index is 766. The van der Waals surface area contributed by atoms with Crippen molar-refractivity contribution in [2.24, 2.45) is 0 Å². The Kier molecular flexibility index (Phi) is 6.10. The predicted molar refractivity (Wildman–Crippen MR) is 103 cm³/mol. The second-order valence-electron chi connectivity index (χ2n) is 5.81. The lowest BCUT2D eigenvalue weighted by Crippen LogP contribution is -2.14. The van der Waals surface area contributed by atoms with Crippen molar-refractivity contribution < 1.29 is 14.3 Å². The minimum absolute atomic E-state index is 0.0141. The summed E-state index contributed by atoms with van der Waals surface area (Å²) in [7, 11) is 0. The summed E-state index contributed by atoms with van der Waals surface area (Å²) in [5.74, 6) is 2.34. The van der Waals surface area contributed by atoms with Crippen LogP contribution in [0.15, 0.2) is 36.4 Å². The summed E-state index contributed by atoms with van der Waals surface area (Å²) in [6.07, 6.45) is 0.841. The molecule has 0 radical (unpaired) electrons. The van der Waals surface area contributed by atoms with Crippen LogP contribution < -0.4 is 14.8 Å². The zero-order valence-electron chi connectivity index (χ0n) is 14.0. The Morgan fingerprint density at radius 1 is 1.24 bits per heavy atom. The largest absolute Gasteiger partial charge is 0.489 e. The molecule has 2 aromatic carbocycles. The van der Waals surface area contributed by atoms with E-state index in [0.29, 0.717) is 41.2 Å². The molecule has 2 aromatic rings. The van der Waals surface area contributed by atoms with Crippen LogP contribution in [0.5, 0.6) is 11.5 Å². The molecule has 132 valence electrons. The highest BCUT2D eigenvalue weighted by atomic mass is 35.5. The maximum absolute atomic E-state index is 12.1. The highest BCUT2D eigenvalue weighted by Gasteiger charge is 2.15. The summed E-state index contributed by atoms with van der Waals surface area (Å²) in [5.41, 5.74) is 2.92. The van der Waals surface area contributed by atoms with Gasteiger partial charge in [-0.05, 0) is 36.2 Å². The molecule has 25 heavy (non-hydrogen) atoms. The molecular weight excluding hydrogens is 358 g/mol. The molecule has 0 unspecified atom stereocenters. The van der Waals surface area contributed by atoms with E-state index in [1.54, 1.807) is 0 Å². The molecule has 1 amide bonds. The fourth-order valence-electron chi connectivity index (χ4n) is 2.53. The lowest BCUT2D eigenvalue weighted by Gasteiger charge is -2.12. The van der Waals surface area contributed by atoms with Gasteiger partial charge in [-0.3, -0.25) is 4.79 Å². The molecule has 1 aliphatic rings. The van der Waals surface area contributed by atoms with Gasteiger partial charge in [0.1, 0.15) is 0 Å². The van der Waals surface area contributed by atoms with Crippen molar-refractivity contribution in [3.8, 4) is 11.5 Å². The van der Waals surface area contributed by atoms with Crippen molar-refractivity contribution in [3.63, 3.8) is 0 Å². The van der Waals surface area contributed by atoms with Crippen LogP contribution >= 0.6 is 23.4 Å². The van der Waals surface area contributed by atoms with Crippen LogP contribution in [-0.4, -0.2) is 24.9 Å². The van der Waals surface area contributed by atoms with Gasteiger partial charge in [-0.15, -0.1) is 11.8 Å². The molecule has 4 nitrogen and oxygen atoms in total. The number of amides is 1. The van der Waals surface area contributed by atoms with Gasteiger partial charge < -0.3 is 14.8 Å². The molecule has 1 heterocycles. The number of ether oxygens (including phenoxy) is 2. The van der Waals surface area contributed by atoms with Crippen molar-refractivity contribution in [2.75, 3.05) is 24.3 Å². The number of carbonyl (C=O) groups is 1. The number of halogens is 1. The second-order valence-corrected chi connectivity index (χ2v) is 7.20. The third-order valence-electron chi connectivity index (χ3n) is 3.78. The Hall–Kier alpha value is -1.85. The number of fused-ring (bicyclic) bond motifs is 1. The summed E-state index contributed by atoms with van der Waals surface area (Å²) in [5, 5.41) is 3.49. The average Bonchev–Trinajstić information content (AvgIpc) is 2.83. The van der Waals surface area contributed by atoms with Gasteiger partial charge in [0.05, 0.1) is 24.0 Å². The maximum Gasteiger partial charge on any atom is 0.234 e. The Morgan fingerprint density at radius 2 is 2.04 bits per heavy atom. The first-order valence-corrected chi connectivity index (χ1v) is 9.68. The quantitative estimate of drug-likeness (QED) is 0.821. The van der Waals surface area contributed by atoms with Crippen molar-refractivity contribution >= 4 is 35.0 Å². The third-order valence-corrected chi connectivity index (χ3v) is 5.07. The smallest absolute Gasteiger partial charge is 0.234 e. The van der Waals surface area contributed by atoms with E-state index in [4.69, 9.17) is 21.1 Å². The Balaban J connectivity index is 1.55. The number of aryl methyl sites for hydroxylation is 1. The first-order chi connectivity index (χ1) is 12.1. The lowest BCUT2D eigenvalue weighted by atomic mass is 10.2. The number of rotatable bonds is 5. The second kappa shape index (κ2) is 8.50. The molecule has 0 saturated heterocycles. The van der Waals surface area contributed by atoms with E-state index < -0.39 is 0 Å². The van der Waals surface area contributed by atoms with Crippen LogP contribution in [0, 0.1) is 6.92 Å². The average molecular weight is 378 g/mol.